The zero-order chi connectivity index (χ0) is 16.9. The topological polar surface area (TPSA) is 44.5 Å². The molecule has 5 heteroatoms. The van der Waals surface area contributed by atoms with Crippen LogP contribution in [0.1, 0.15) is 5.56 Å². The maximum atomic E-state index is 13.5. The molecule has 0 atom stereocenters. The van der Waals surface area contributed by atoms with Crippen LogP contribution in [-0.4, -0.2) is 0 Å². The second kappa shape index (κ2) is 7.00. The third kappa shape index (κ3) is 3.81. The van der Waals surface area contributed by atoms with Crippen molar-refractivity contribution in [1.29, 1.82) is 0 Å². The first-order valence-electron chi connectivity index (χ1n) is 7.31. The molecule has 0 radical (unpaired) electrons. The predicted octanol–water partition coefficient (Wildman–Crippen LogP) is 4.92. The van der Waals surface area contributed by atoms with Gasteiger partial charge >= 0.3 is 0 Å². The molecular weight excluding hydrogens is 312 g/mol. The fraction of sp³-hybridized carbons (Fsp3) is 0.0526. The molecule has 0 unspecified atom stereocenters. The fourth-order valence-electron chi connectivity index (χ4n) is 2.10. The molecule has 3 rings (SSSR count). The first kappa shape index (κ1) is 15.8. The lowest BCUT2D eigenvalue weighted by Gasteiger charge is -2.10. The van der Waals surface area contributed by atoms with Crippen LogP contribution in [0.3, 0.4) is 0 Å². The van der Waals surface area contributed by atoms with E-state index in [1.807, 2.05) is 12.1 Å². The summed E-state index contributed by atoms with van der Waals surface area (Å²) in [5.41, 5.74) is 6.66. The van der Waals surface area contributed by atoms with Gasteiger partial charge in [-0.3, -0.25) is 0 Å². The molecule has 0 aliphatic rings. The number of ether oxygens (including phenoxy) is 2. The van der Waals surface area contributed by atoms with Gasteiger partial charge in [-0.25, -0.2) is 8.78 Å². The summed E-state index contributed by atoms with van der Waals surface area (Å²) in [6, 6.07) is 17.4. The quantitative estimate of drug-likeness (QED) is 0.677. The Bertz CT molecular complexity index is 835. The SMILES string of the molecule is Nc1ccccc1Oc1ccc(OCc2ccc(F)cc2F)cc1. The number of hydrogen-bond donors (Lipinski definition) is 1. The zero-order valence-corrected chi connectivity index (χ0v) is 12.7. The molecule has 0 aromatic heterocycles. The van der Waals surface area contributed by atoms with Crippen LogP contribution in [0.2, 0.25) is 0 Å². The molecule has 122 valence electrons. The third-order valence-electron chi connectivity index (χ3n) is 3.38. The van der Waals surface area contributed by atoms with E-state index >= 15 is 0 Å². The van der Waals surface area contributed by atoms with Gasteiger partial charge in [0.15, 0.2) is 0 Å². The molecule has 24 heavy (non-hydrogen) atoms. The number of nitrogens with two attached hydrogens (primary N) is 1. The van der Waals surface area contributed by atoms with Crippen LogP contribution in [0, 0.1) is 11.6 Å². The van der Waals surface area contributed by atoms with E-state index in [9.17, 15) is 8.78 Å². The number of rotatable bonds is 5. The summed E-state index contributed by atoms with van der Waals surface area (Å²) in [5, 5.41) is 0. The van der Waals surface area contributed by atoms with Gasteiger partial charge in [-0.2, -0.15) is 0 Å². The Morgan fingerprint density at radius 3 is 2.25 bits per heavy atom. The minimum absolute atomic E-state index is 0.0119. The zero-order valence-electron chi connectivity index (χ0n) is 12.7. The molecule has 0 spiro atoms. The summed E-state index contributed by atoms with van der Waals surface area (Å²) in [6.07, 6.45) is 0. The minimum atomic E-state index is -0.630. The molecule has 0 aliphatic heterocycles. The summed E-state index contributed by atoms with van der Waals surface area (Å²) >= 11 is 0. The smallest absolute Gasteiger partial charge is 0.150 e. The maximum Gasteiger partial charge on any atom is 0.150 e. The minimum Gasteiger partial charge on any atom is -0.489 e. The van der Waals surface area contributed by atoms with E-state index in [2.05, 4.69) is 0 Å². The highest BCUT2D eigenvalue weighted by Crippen LogP contribution is 2.28. The van der Waals surface area contributed by atoms with Crippen LogP contribution in [-0.2, 0) is 6.61 Å². The van der Waals surface area contributed by atoms with E-state index in [4.69, 9.17) is 15.2 Å². The summed E-state index contributed by atoms with van der Waals surface area (Å²) < 4.78 is 37.6. The van der Waals surface area contributed by atoms with Crippen molar-refractivity contribution in [2.24, 2.45) is 0 Å². The molecule has 3 aromatic rings. The first-order valence-corrected chi connectivity index (χ1v) is 7.31. The van der Waals surface area contributed by atoms with Gasteiger partial charge in [0.25, 0.3) is 0 Å². The number of halogens is 2. The van der Waals surface area contributed by atoms with Gasteiger partial charge in [-0.1, -0.05) is 12.1 Å². The number of nitrogen functional groups attached to an aromatic ring is 1. The Morgan fingerprint density at radius 1 is 0.833 bits per heavy atom. The lowest BCUT2D eigenvalue weighted by molar-refractivity contribution is 0.299. The Kier molecular flexibility index (Phi) is 4.61. The van der Waals surface area contributed by atoms with Crippen molar-refractivity contribution in [2.75, 3.05) is 5.73 Å². The molecule has 0 saturated carbocycles. The van der Waals surface area contributed by atoms with Crippen molar-refractivity contribution in [3.05, 3.63) is 83.9 Å². The van der Waals surface area contributed by atoms with E-state index in [0.717, 1.165) is 6.07 Å². The standard InChI is InChI=1S/C19H15F2NO2/c20-14-6-5-13(17(21)11-14)12-23-15-7-9-16(10-8-15)24-19-4-2-1-3-18(19)22/h1-11H,12,22H2. The highest BCUT2D eigenvalue weighted by atomic mass is 19.1. The lowest BCUT2D eigenvalue weighted by atomic mass is 10.2. The van der Waals surface area contributed by atoms with Crippen molar-refractivity contribution in [3.63, 3.8) is 0 Å². The molecule has 0 saturated heterocycles. The molecule has 3 nitrogen and oxygen atoms in total. The van der Waals surface area contributed by atoms with Gasteiger partial charge in [-0.05, 0) is 48.5 Å². The first-order chi connectivity index (χ1) is 11.6. The number of benzene rings is 3. The summed E-state index contributed by atoms with van der Waals surface area (Å²) in [7, 11) is 0. The van der Waals surface area contributed by atoms with Gasteiger partial charge in [0, 0.05) is 11.6 Å². The molecular formula is C19H15F2NO2. The monoisotopic (exact) mass is 327 g/mol. The third-order valence-corrected chi connectivity index (χ3v) is 3.38. The van der Waals surface area contributed by atoms with Gasteiger partial charge < -0.3 is 15.2 Å². The van der Waals surface area contributed by atoms with E-state index < -0.39 is 11.6 Å². The Balaban J connectivity index is 1.63. The summed E-state index contributed by atoms with van der Waals surface area (Å²) in [6.45, 7) is 0.0119. The normalized spacial score (nSPS) is 10.4. The second-order valence-electron chi connectivity index (χ2n) is 5.14. The number of anilines is 1. The number of hydrogen-bond acceptors (Lipinski definition) is 3. The van der Waals surface area contributed by atoms with Crippen molar-refractivity contribution in [3.8, 4) is 17.2 Å². The van der Waals surface area contributed by atoms with Gasteiger partial charge in [0.1, 0.15) is 35.5 Å². The van der Waals surface area contributed by atoms with Crippen molar-refractivity contribution >= 4 is 5.69 Å². The second-order valence-corrected chi connectivity index (χ2v) is 5.14. The highest BCUT2D eigenvalue weighted by Gasteiger charge is 2.05. The van der Waals surface area contributed by atoms with Gasteiger partial charge in [0.2, 0.25) is 0 Å². The van der Waals surface area contributed by atoms with Crippen LogP contribution in [0.15, 0.2) is 66.7 Å². The lowest BCUT2D eigenvalue weighted by Crippen LogP contribution is -1.99. The molecule has 0 bridgehead atoms. The molecule has 3 aromatic carbocycles. The van der Waals surface area contributed by atoms with Crippen molar-refractivity contribution in [1.82, 2.24) is 0 Å². The molecule has 2 N–H and O–H groups in total. The van der Waals surface area contributed by atoms with Gasteiger partial charge in [-0.15, -0.1) is 0 Å². The average molecular weight is 327 g/mol. The Labute approximate surface area is 138 Å². The fourth-order valence-corrected chi connectivity index (χ4v) is 2.10. The molecule has 0 heterocycles. The van der Waals surface area contributed by atoms with E-state index in [0.29, 0.717) is 22.9 Å². The Hall–Kier alpha value is -3.08. The van der Waals surface area contributed by atoms with Crippen molar-refractivity contribution < 1.29 is 18.3 Å². The Morgan fingerprint density at radius 2 is 1.54 bits per heavy atom. The van der Waals surface area contributed by atoms with Crippen LogP contribution >= 0.6 is 0 Å². The highest BCUT2D eigenvalue weighted by molar-refractivity contribution is 5.53. The predicted molar refractivity (Wildman–Crippen MR) is 88.1 cm³/mol. The largest absolute Gasteiger partial charge is 0.489 e. The van der Waals surface area contributed by atoms with Crippen LogP contribution < -0.4 is 15.2 Å². The van der Waals surface area contributed by atoms with E-state index in [1.54, 1.807) is 36.4 Å². The van der Waals surface area contributed by atoms with E-state index in [-0.39, 0.29) is 12.2 Å². The molecule has 0 amide bonds. The molecule has 0 fully saturated rings. The maximum absolute atomic E-state index is 13.5. The van der Waals surface area contributed by atoms with Crippen molar-refractivity contribution in [2.45, 2.75) is 6.61 Å². The van der Waals surface area contributed by atoms with Gasteiger partial charge in [0.05, 0.1) is 5.69 Å². The number of para-hydroxylation sites is 2. The van der Waals surface area contributed by atoms with Crippen LogP contribution in [0.5, 0.6) is 17.2 Å². The summed E-state index contributed by atoms with van der Waals surface area (Å²) in [5.74, 6) is 0.479. The average Bonchev–Trinajstić information content (AvgIpc) is 2.57. The van der Waals surface area contributed by atoms with E-state index in [1.165, 1.54) is 12.1 Å². The van der Waals surface area contributed by atoms with Crippen LogP contribution in [0.4, 0.5) is 14.5 Å². The van der Waals surface area contributed by atoms with Crippen LogP contribution in [0.25, 0.3) is 0 Å². The molecule has 0 aliphatic carbocycles. The summed E-state index contributed by atoms with van der Waals surface area (Å²) in [4.78, 5) is 0.